The van der Waals surface area contributed by atoms with Crippen molar-refractivity contribution in [2.24, 2.45) is 0 Å². The summed E-state index contributed by atoms with van der Waals surface area (Å²) in [4.78, 5) is 38.5. The molecule has 1 unspecified atom stereocenters. The topological polar surface area (TPSA) is 78.5 Å². The Kier molecular flexibility index (Phi) is 5.38. The number of carbonyl (C=O) groups is 3. The van der Waals surface area contributed by atoms with Crippen molar-refractivity contribution in [2.45, 2.75) is 25.8 Å². The number of para-hydroxylation sites is 1. The summed E-state index contributed by atoms with van der Waals surface area (Å²) in [6.07, 6.45) is 0.723. The van der Waals surface area contributed by atoms with Crippen LogP contribution in [0, 0.1) is 5.82 Å². The number of urea groups is 1. The maximum Gasteiger partial charge on any atom is 0.325 e. The molecule has 1 heterocycles. The normalized spacial score (nSPS) is 18.9. The molecule has 8 heteroatoms. The molecule has 0 aliphatic carbocycles. The molecular weight excluding hydrogens is 385 g/mol. The van der Waals surface area contributed by atoms with Crippen LogP contribution in [-0.4, -0.2) is 29.3 Å². The quantitative estimate of drug-likeness (QED) is 0.750. The van der Waals surface area contributed by atoms with Gasteiger partial charge in [0.25, 0.3) is 5.91 Å². The van der Waals surface area contributed by atoms with E-state index in [-0.39, 0.29) is 10.6 Å². The first-order valence-electron chi connectivity index (χ1n) is 8.73. The van der Waals surface area contributed by atoms with Crippen LogP contribution in [0.2, 0.25) is 5.02 Å². The molecule has 2 aromatic carbocycles. The monoisotopic (exact) mass is 403 g/mol. The highest BCUT2D eigenvalue weighted by molar-refractivity contribution is 6.32. The van der Waals surface area contributed by atoms with Crippen LogP contribution in [0.25, 0.3) is 0 Å². The van der Waals surface area contributed by atoms with Crippen molar-refractivity contribution >= 4 is 35.1 Å². The molecule has 1 fully saturated rings. The van der Waals surface area contributed by atoms with E-state index < -0.39 is 35.7 Å². The SMILES string of the molecule is CCc1ccccc1NC(=O)CN1C(=O)NC(C)(c2ccc(F)cc2Cl)C1=O. The van der Waals surface area contributed by atoms with Gasteiger partial charge in [-0.25, -0.2) is 9.18 Å². The molecule has 2 aromatic rings. The van der Waals surface area contributed by atoms with Gasteiger partial charge >= 0.3 is 6.03 Å². The van der Waals surface area contributed by atoms with Crippen LogP contribution in [0.1, 0.15) is 25.0 Å². The van der Waals surface area contributed by atoms with Gasteiger partial charge < -0.3 is 10.6 Å². The van der Waals surface area contributed by atoms with Crippen LogP contribution in [0.15, 0.2) is 42.5 Å². The second kappa shape index (κ2) is 7.59. The summed E-state index contributed by atoms with van der Waals surface area (Å²) in [6, 6.07) is 10.1. The number of anilines is 1. The summed E-state index contributed by atoms with van der Waals surface area (Å²) in [7, 11) is 0. The van der Waals surface area contributed by atoms with E-state index in [1.165, 1.54) is 13.0 Å². The average Bonchev–Trinajstić information content (AvgIpc) is 2.86. The minimum absolute atomic E-state index is 0.0133. The van der Waals surface area contributed by atoms with Crippen molar-refractivity contribution < 1.29 is 18.8 Å². The van der Waals surface area contributed by atoms with E-state index in [0.717, 1.165) is 29.0 Å². The molecule has 3 rings (SSSR count). The van der Waals surface area contributed by atoms with E-state index in [9.17, 15) is 18.8 Å². The Balaban J connectivity index is 1.79. The fraction of sp³-hybridized carbons (Fsp3) is 0.250. The lowest BCUT2D eigenvalue weighted by Crippen LogP contribution is -2.42. The maximum absolute atomic E-state index is 13.3. The first-order chi connectivity index (χ1) is 13.3. The van der Waals surface area contributed by atoms with Gasteiger partial charge in [0.2, 0.25) is 5.91 Å². The number of carbonyl (C=O) groups excluding carboxylic acids is 3. The Hall–Kier alpha value is -2.93. The van der Waals surface area contributed by atoms with Gasteiger partial charge in [-0.2, -0.15) is 0 Å². The average molecular weight is 404 g/mol. The van der Waals surface area contributed by atoms with Gasteiger partial charge in [-0.05, 0) is 37.1 Å². The molecule has 146 valence electrons. The van der Waals surface area contributed by atoms with Crippen molar-refractivity contribution in [2.75, 3.05) is 11.9 Å². The van der Waals surface area contributed by atoms with E-state index >= 15 is 0 Å². The predicted molar refractivity (Wildman–Crippen MR) is 103 cm³/mol. The Morgan fingerprint density at radius 3 is 2.64 bits per heavy atom. The standard InChI is InChI=1S/C20H19ClFN3O3/c1-3-12-6-4-5-7-16(12)23-17(26)11-25-18(27)20(2,24-19(25)28)14-9-8-13(22)10-15(14)21/h4-10H,3,11H2,1-2H3,(H,23,26)(H,24,28). The van der Waals surface area contributed by atoms with Gasteiger partial charge in [-0.15, -0.1) is 0 Å². The molecule has 1 atom stereocenters. The van der Waals surface area contributed by atoms with Gasteiger partial charge in [-0.1, -0.05) is 42.8 Å². The van der Waals surface area contributed by atoms with Gasteiger partial charge in [0.1, 0.15) is 17.9 Å². The highest BCUT2D eigenvalue weighted by Gasteiger charge is 2.50. The van der Waals surface area contributed by atoms with Crippen molar-refractivity contribution in [3.8, 4) is 0 Å². The smallest absolute Gasteiger partial charge is 0.324 e. The Morgan fingerprint density at radius 2 is 1.96 bits per heavy atom. The van der Waals surface area contributed by atoms with Crippen LogP contribution in [0.4, 0.5) is 14.9 Å². The van der Waals surface area contributed by atoms with Crippen molar-refractivity contribution in [3.05, 3.63) is 64.4 Å². The first kappa shape index (κ1) is 19.8. The lowest BCUT2D eigenvalue weighted by Gasteiger charge is -2.23. The predicted octanol–water partition coefficient (Wildman–Crippen LogP) is 3.45. The van der Waals surface area contributed by atoms with Gasteiger partial charge in [0.05, 0.1) is 0 Å². The van der Waals surface area contributed by atoms with E-state index in [2.05, 4.69) is 10.6 Å². The molecule has 0 radical (unpaired) electrons. The molecule has 1 saturated heterocycles. The van der Waals surface area contributed by atoms with Gasteiger partial charge in [0, 0.05) is 16.3 Å². The van der Waals surface area contributed by atoms with Gasteiger partial charge in [-0.3, -0.25) is 14.5 Å². The van der Waals surface area contributed by atoms with Crippen molar-refractivity contribution in [3.63, 3.8) is 0 Å². The minimum atomic E-state index is -1.48. The summed E-state index contributed by atoms with van der Waals surface area (Å²) in [5, 5.41) is 5.29. The number of halogens is 2. The third-order valence-electron chi connectivity index (χ3n) is 4.72. The fourth-order valence-electron chi connectivity index (χ4n) is 3.20. The lowest BCUT2D eigenvalue weighted by molar-refractivity contribution is -0.133. The fourth-order valence-corrected chi connectivity index (χ4v) is 3.56. The second-order valence-corrected chi connectivity index (χ2v) is 7.04. The number of benzene rings is 2. The summed E-state index contributed by atoms with van der Waals surface area (Å²) < 4.78 is 13.3. The van der Waals surface area contributed by atoms with E-state index in [4.69, 9.17) is 11.6 Å². The zero-order chi connectivity index (χ0) is 20.5. The molecule has 0 spiro atoms. The van der Waals surface area contributed by atoms with Crippen LogP contribution in [-0.2, 0) is 21.5 Å². The zero-order valence-electron chi connectivity index (χ0n) is 15.4. The highest BCUT2D eigenvalue weighted by Crippen LogP contribution is 2.34. The number of amides is 4. The van der Waals surface area contributed by atoms with E-state index in [1.54, 1.807) is 12.1 Å². The Morgan fingerprint density at radius 1 is 1.25 bits per heavy atom. The molecule has 28 heavy (non-hydrogen) atoms. The maximum atomic E-state index is 13.3. The number of aryl methyl sites for hydroxylation is 1. The third-order valence-corrected chi connectivity index (χ3v) is 5.03. The summed E-state index contributed by atoms with van der Waals surface area (Å²) in [5.41, 5.74) is 0.347. The molecule has 2 N–H and O–H groups in total. The summed E-state index contributed by atoms with van der Waals surface area (Å²) in [5.74, 6) is -1.69. The van der Waals surface area contributed by atoms with Crippen molar-refractivity contribution in [1.29, 1.82) is 0 Å². The summed E-state index contributed by atoms with van der Waals surface area (Å²) >= 11 is 6.07. The molecular formula is C20H19ClFN3O3. The van der Waals surface area contributed by atoms with E-state index in [1.807, 2.05) is 19.1 Å². The highest BCUT2D eigenvalue weighted by atomic mass is 35.5. The third kappa shape index (κ3) is 3.57. The largest absolute Gasteiger partial charge is 0.325 e. The lowest BCUT2D eigenvalue weighted by atomic mass is 9.92. The Bertz CT molecular complexity index is 965. The molecule has 0 saturated carbocycles. The minimum Gasteiger partial charge on any atom is -0.324 e. The zero-order valence-corrected chi connectivity index (χ0v) is 16.1. The number of rotatable bonds is 5. The van der Waals surface area contributed by atoms with Gasteiger partial charge in [0.15, 0.2) is 0 Å². The number of hydrogen-bond acceptors (Lipinski definition) is 3. The molecule has 1 aliphatic heterocycles. The van der Waals surface area contributed by atoms with Crippen LogP contribution in [0.5, 0.6) is 0 Å². The molecule has 0 bridgehead atoms. The molecule has 1 aliphatic rings. The van der Waals surface area contributed by atoms with E-state index in [0.29, 0.717) is 5.69 Å². The van der Waals surface area contributed by atoms with Crippen LogP contribution >= 0.6 is 11.6 Å². The molecule has 4 amide bonds. The van der Waals surface area contributed by atoms with Crippen LogP contribution < -0.4 is 10.6 Å². The molecule has 0 aromatic heterocycles. The second-order valence-electron chi connectivity index (χ2n) is 6.63. The molecule has 6 nitrogen and oxygen atoms in total. The van der Waals surface area contributed by atoms with Crippen LogP contribution in [0.3, 0.4) is 0 Å². The van der Waals surface area contributed by atoms with Crippen molar-refractivity contribution in [1.82, 2.24) is 10.2 Å². The first-order valence-corrected chi connectivity index (χ1v) is 9.11. The number of imide groups is 1. The summed E-state index contributed by atoms with van der Waals surface area (Å²) in [6.45, 7) is 2.98. The number of nitrogens with zero attached hydrogens (tertiary/aromatic N) is 1. The Labute approximate surface area is 166 Å². The number of hydrogen-bond donors (Lipinski definition) is 2. The number of nitrogens with one attached hydrogen (secondary N) is 2.